The molecule has 1 aliphatic heterocycles. The Morgan fingerprint density at radius 1 is 0.735 bits per heavy atom. The van der Waals surface area contributed by atoms with Crippen molar-refractivity contribution in [3.8, 4) is 22.7 Å². The lowest BCUT2D eigenvalue weighted by Crippen LogP contribution is -2.26. The van der Waals surface area contributed by atoms with E-state index in [9.17, 15) is 4.79 Å². The highest BCUT2D eigenvalue weighted by molar-refractivity contribution is 6.30. The van der Waals surface area contributed by atoms with E-state index in [1.165, 1.54) is 0 Å². The predicted molar refractivity (Wildman–Crippen MR) is 192 cm³/mol. The minimum Gasteiger partial charge on any atom is -0.481 e. The lowest BCUT2D eigenvalue weighted by atomic mass is 9.91. The Morgan fingerprint density at radius 3 is 2.06 bits per heavy atom. The number of aromatic nitrogens is 4. The van der Waals surface area contributed by atoms with Crippen molar-refractivity contribution in [1.29, 1.82) is 0 Å². The first-order valence-corrected chi connectivity index (χ1v) is 16.8. The highest BCUT2D eigenvalue weighted by Crippen LogP contribution is 2.44. The fraction of sp³-hybridized carbons (Fsp3) is 0.146. The summed E-state index contributed by atoms with van der Waals surface area (Å²) in [5, 5.41) is 10.3. The second kappa shape index (κ2) is 13.5. The Bertz CT molecular complexity index is 2250. The molecule has 242 valence electrons. The van der Waals surface area contributed by atoms with Crippen LogP contribution < -0.4 is 10.2 Å². The number of rotatable bonds is 8. The van der Waals surface area contributed by atoms with E-state index in [0.29, 0.717) is 21.8 Å². The number of hydrogen-bond donors (Lipinski definition) is 0. The zero-order chi connectivity index (χ0) is 33.2. The Morgan fingerprint density at radius 2 is 1.35 bits per heavy atom. The molecule has 7 nitrogen and oxygen atoms in total. The van der Waals surface area contributed by atoms with Gasteiger partial charge in [0.05, 0.1) is 35.7 Å². The van der Waals surface area contributed by atoms with Gasteiger partial charge in [0.1, 0.15) is 12.3 Å². The molecule has 7 aromatic rings. The first kappa shape index (κ1) is 30.8. The first-order chi connectivity index (χ1) is 24.1. The van der Waals surface area contributed by atoms with Gasteiger partial charge in [-0.05, 0) is 47.5 Å². The van der Waals surface area contributed by atoms with Crippen LogP contribution in [0, 0.1) is 0 Å². The molecule has 0 N–H and O–H groups in total. The van der Waals surface area contributed by atoms with Gasteiger partial charge in [0.2, 0.25) is 5.43 Å². The van der Waals surface area contributed by atoms with Crippen molar-refractivity contribution in [3.63, 3.8) is 0 Å². The highest BCUT2D eigenvalue weighted by atomic mass is 35.5. The average Bonchev–Trinajstić information content (AvgIpc) is 3.65. The van der Waals surface area contributed by atoms with Crippen molar-refractivity contribution >= 4 is 22.5 Å². The summed E-state index contributed by atoms with van der Waals surface area (Å²) in [6.07, 6.45) is 3.12. The number of benzene rings is 5. The summed E-state index contributed by atoms with van der Waals surface area (Å²) in [6.45, 7) is 0.0775. The third-order valence-corrected chi connectivity index (χ3v) is 9.36. The standard InChI is InChI=1S/C41H33ClN4O3/c42-31-22-20-29(21-23-31)38-25-34(24-37(49-38)28-12-4-1-5-13-28)45-26-32(43-44-45)27-48-41-39(30-14-6-2-7-15-30)46(33-16-8-3-9-17-33)36-19-11-10-18-35(36)40(41)47/h1-23,26,34,37-38H,24-25,27H2. The number of para-hydroxylation sites is 2. The highest BCUT2D eigenvalue weighted by Gasteiger charge is 2.33. The Kier molecular flexibility index (Phi) is 8.52. The zero-order valence-electron chi connectivity index (χ0n) is 26.6. The van der Waals surface area contributed by atoms with Gasteiger partial charge in [-0.15, -0.1) is 5.10 Å². The first-order valence-electron chi connectivity index (χ1n) is 16.4. The maximum Gasteiger partial charge on any atom is 0.231 e. The second-order valence-corrected chi connectivity index (χ2v) is 12.7. The molecule has 8 heteroatoms. The van der Waals surface area contributed by atoms with Crippen LogP contribution in [-0.2, 0) is 11.3 Å². The van der Waals surface area contributed by atoms with Gasteiger partial charge in [-0.3, -0.25) is 4.79 Å². The van der Waals surface area contributed by atoms with Crippen molar-refractivity contribution in [2.45, 2.75) is 37.7 Å². The summed E-state index contributed by atoms with van der Waals surface area (Å²) < 4.78 is 17.1. The van der Waals surface area contributed by atoms with Gasteiger partial charge in [-0.2, -0.15) is 0 Å². The van der Waals surface area contributed by atoms with Crippen molar-refractivity contribution in [1.82, 2.24) is 19.6 Å². The summed E-state index contributed by atoms with van der Waals surface area (Å²) >= 11 is 6.20. The summed E-state index contributed by atoms with van der Waals surface area (Å²) in [5.74, 6) is 0.265. The number of pyridine rings is 1. The SMILES string of the molecule is O=c1c(OCc2cn(C3CC(c4ccccc4)OC(c4ccc(Cl)cc4)C3)nn2)c(-c2ccccc2)n(-c2ccccc2)c2ccccc12. The molecule has 3 heterocycles. The molecular formula is C41H33ClN4O3. The van der Waals surface area contributed by atoms with Crippen LogP contribution in [0.15, 0.2) is 151 Å². The number of fused-ring (bicyclic) bond motifs is 1. The molecule has 3 atom stereocenters. The Balaban J connectivity index is 1.14. The lowest BCUT2D eigenvalue weighted by Gasteiger charge is -2.36. The molecule has 0 spiro atoms. The zero-order valence-corrected chi connectivity index (χ0v) is 27.4. The normalized spacial score (nSPS) is 17.6. The third kappa shape index (κ3) is 6.26. The monoisotopic (exact) mass is 664 g/mol. The maximum absolute atomic E-state index is 14.1. The van der Waals surface area contributed by atoms with Crippen LogP contribution in [0.25, 0.3) is 27.8 Å². The molecule has 2 aromatic heterocycles. The van der Waals surface area contributed by atoms with Gasteiger partial charge in [0.15, 0.2) is 5.75 Å². The summed E-state index contributed by atoms with van der Waals surface area (Å²) in [5.41, 5.74) is 5.93. The lowest BCUT2D eigenvalue weighted by molar-refractivity contribution is -0.0741. The molecule has 1 fully saturated rings. The molecule has 1 saturated heterocycles. The fourth-order valence-corrected chi connectivity index (χ4v) is 6.87. The van der Waals surface area contributed by atoms with E-state index >= 15 is 0 Å². The van der Waals surface area contributed by atoms with E-state index in [1.807, 2.05) is 138 Å². The Labute approximate surface area is 288 Å². The largest absolute Gasteiger partial charge is 0.481 e. The van der Waals surface area contributed by atoms with Crippen LogP contribution in [0.3, 0.4) is 0 Å². The minimum absolute atomic E-state index is 0.0248. The molecule has 0 bridgehead atoms. The van der Waals surface area contributed by atoms with Crippen LogP contribution in [0.4, 0.5) is 0 Å². The summed E-state index contributed by atoms with van der Waals surface area (Å²) in [6, 6.07) is 45.7. The van der Waals surface area contributed by atoms with Crippen molar-refractivity contribution in [2.75, 3.05) is 0 Å². The van der Waals surface area contributed by atoms with Crippen molar-refractivity contribution in [2.24, 2.45) is 0 Å². The number of ether oxygens (including phenoxy) is 2. The summed E-state index contributed by atoms with van der Waals surface area (Å²) in [4.78, 5) is 14.1. The van der Waals surface area contributed by atoms with Gasteiger partial charge in [-0.25, -0.2) is 4.68 Å². The van der Waals surface area contributed by atoms with E-state index in [-0.39, 0.29) is 36.0 Å². The molecule has 0 amide bonds. The van der Waals surface area contributed by atoms with Crippen molar-refractivity contribution < 1.29 is 9.47 Å². The molecule has 0 aliphatic carbocycles. The molecule has 5 aromatic carbocycles. The van der Waals surface area contributed by atoms with E-state index in [2.05, 4.69) is 27.0 Å². The number of hydrogen-bond acceptors (Lipinski definition) is 5. The Hall–Kier alpha value is -5.50. The van der Waals surface area contributed by atoms with E-state index in [0.717, 1.165) is 40.7 Å². The van der Waals surface area contributed by atoms with E-state index < -0.39 is 0 Å². The van der Waals surface area contributed by atoms with Crippen LogP contribution in [0.2, 0.25) is 5.02 Å². The third-order valence-electron chi connectivity index (χ3n) is 9.11. The molecule has 1 aliphatic rings. The smallest absolute Gasteiger partial charge is 0.231 e. The van der Waals surface area contributed by atoms with Crippen LogP contribution in [0.5, 0.6) is 5.75 Å². The molecule has 0 radical (unpaired) electrons. The van der Waals surface area contributed by atoms with E-state index in [1.54, 1.807) is 0 Å². The average molecular weight is 665 g/mol. The van der Waals surface area contributed by atoms with Crippen LogP contribution in [0.1, 0.15) is 47.9 Å². The van der Waals surface area contributed by atoms with Gasteiger partial charge >= 0.3 is 0 Å². The quantitative estimate of drug-likeness (QED) is 0.162. The van der Waals surface area contributed by atoms with Crippen molar-refractivity contribution in [3.05, 3.63) is 178 Å². The summed E-state index contributed by atoms with van der Waals surface area (Å²) in [7, 11) is 0. The van der Waals surface area contributed by atoms with E-state index in [4.69, 9.17) is 21.1 Å². The van der Waals surface area contributed by atoms with Gasteiger partial charge in [0, 0.05) is 34.5 Å². The van der Waals surface area contributed by atoms with Gasteiger partial charge in [0.25, 0.3) is 0 Å². The molecule has 3 unspecified atom stereocenters. The second-order valence-electron chi connectivity index (χ2n) is 12.2. The molecule has 0 saturated carbocycles. The van der Waals surface area contributed by atoms with Gasteiger partial charge in [-0.1, -0.05) is 120 Å². The fourth-order valence-electron chi connectivity index (χ4n) is 6.74. The maximum atomic E-state index is 14.1. The van der Waals surface area contributed by atoms with Gasteiger partial charge < -0.3 is 14.0 Å². The van der Waals surface area contributed by atoms with Crippen LogP contribution in [-0.4, -0.2) is 19.6 Å². The molecule has 49 heavy (non-hydrogen) atoms. The van der Waals surface area contributed by atoms with Crippen LogP contribution >= 0.6 is 11.6 Å². The molecular weight excluding hydrogens is 632 g/mol. The molecule has 8 rings (SSSR count). The predicted octanol–water partition coefficient (Wildman–Crippen LogP) is 9.32. The minimum atomic E-state index is -0.171. The number of nitrogens with zero attached hydrogens (tertiary/aromatic N) is 4. The number of halogens is 1. The topological polar surface area (TPSA) is 71.2 Å².